The van der Waals surface area contributed by atoms with Gasteiger partial charge >= 0.3 is 7.74 Å². The van der Waals surface area contributed by atoms with E-state index in [9.17, 15) is 4.89 Å². The third-order valence-corrected chi connectivity index (χ3v) is 2.54. The molecule has 0 atom stereocenters. The van der Waals surface area contributed by atoms with E-state index in [1.54, 1.807) is 13.8 Å². The Labute approximate surface area is 61.5 Å². The Balaban J connectivity index is 3.97. The third kappa shape index (κ3) is 3.32. The van der Waals surface area contributed by atoms with Crippen LogP contribution in [0.5, 0.6) is 0 Å². The molecule has 1 N–H and O–H groups in total. The summed E-state index contributed by atoms with van der Waals surface area (Å²) < 4.78 is 13.4. The molecule has 0 bridgehead atoms. The molecule has 0 heterocycles. The van der Waals surface area contributed by atoms with E-state index < -0.39 is 7.74 Å². The molecule has 0 aliphatic rings. The lowest BCUT2D eigenvalue weighted by molar-refractivity contribution is 0.202. The van der Waals surface area contributed by atoms with Crippen LogP contribution in [0.3, 0.4) is 0 Å². The average molecular weight is 167 g/mol. The van der Waals surface area contributed by atoms with Gasteiger partial charge in [-0.05, 0) is 13.8 Å². The van der Waals surface area contributed by atoms with E-state index in [0.29, 0.717) is 13.2 Å². The number of rotatable bonds is 4. The van der Waals surface area contributed by atoms with Gasteiger partial charge in [0, 0.05) is 7.05 Å². The molecule has 0 amide bonds. The van der Waals surface area contributed by atoms with Crippen LogP contribution in [0.4, 0.5) is 0 Å². The van der Waals surface area contributed by atoms with Gasteiger partial charge < -0.3 is 13.9 Å². The van der Waals surface area contributed by atoms with Gasteiger partial charge in [0.25, 0.3) is 0 Å². The van der Waals surface area contributed by atoms with Gasteiger partial charge in [-0.1, -0.05) is 0 Å². The smallest absolute Gasteiger partial charge is 0.318 e. The molecule has 0 aromatic heterocycles. The first kappa shape index (κ1) is 10.1. The SMILES string of the molecule is CCOP(O)(=NC)OCC. The summed E-state index contributed by atoms with van der Waals surface area (Å²) in [7, 11) is -1.34. The lowest BCUT2D eigenvalue weighted by Gasteiger charge is -2.14. The van der Waals surface area contributed by atoms with Crippen LogP contribution >= 0.6 is 7.74 Å². The van der Waals surface area contributed by atoms with E-state index in [4.69, 9.17) is 9.05 Å². The topological polar surface area (TPSA) is 51.0 Å². The molecule has 0 aromatic rings. The molecule has 0 saturated heterocycles. The maximum Gasteiger partial charge on any atom is 0.352 e. The van der Waals surface area contributed by atoms with Gasteiger partial charge in [0.2, 0.25) is 0 Å². The highest BCUT2D eigenvalue weighted by Crippen LogP contribution is 2.46. The predicted octanol–water partition coefficient (Wildman–Crippen LogP) is 1.63. The molecule has 0 unspecified atom stereocenters. The fourth-order valence-electron chi connectivity index (χ4n) is 0.489. The Morgan fingerprint density at radius 2 is 1.70 bits per heavy atom. The fraction of sp³-hybridized carbons (Fsp3) is 1.00. The van der Waals surface area contributed by atoms with Crippen molar-refractivity contribution in [2.75, 3.05) is 20.3 Å². The largest absolute Gasteiger partial charge is 0.352 e. The zero-order chi connectivity index (χ0) is 8.04. The van der Waals surface area contributed by atoms with Gasteiger partial charge in [0.15, 0.2) is 0 Å². The summed E-state index contributed by atoms with van der Waals surface area (Å²) in [6.45, 7) is 4.41. The fourth-order valence-corrected chi connectivity index (χ4v) is 1.47. The van der Waals surface area contributed by atoms with Crippen LogP contribution < -0.4 is 0 Å². The third-order valence-electron chi connectivity index (χ3n) is 0.847. The van der Waals surface area contributed by atoms with Crippen LogP contribution in [0.2, 0.25) is 0 Å². The average Bonchev–Trinajstić information content (AvgIpc) is 1.89. The standard InChI is InChI=1S/C5H14NO3P/c1-4-8-10(7,6-3)9-5-2/h7H,4-5H2,1-3H3. The molecule has 10 heavy (non-hydrogen) atoms. The second-order valence-electron chi connectivity index (χ2n) is 1.53. The van der Waals surface area contributed by atoms with E-state index >= 15 is 0 Å². The van der Waals surface area contributed by atoms with Crippen LogP contribution in [-0.4, -0.2) is 25.2 Å². The van der Waals surface area contributed by atoms with Gasteiger partial charge in [-0.25, -0.2) is 4.74 Å². The Bertz CT molecular complexity index is 127. The molecule has 5 heteroatoms. The molecule has 0 aliphatic heterocycles. The minimum atomic E-state index is -2.83. The van der Waals surface area contributed by atoms with Crippen molar-refractivity contribution in [2.24, 2.45) is 4.74 Å². The molecule has 0 spiro atoms. The normalized spacial score (nSPS) is 11.6. The summed E-state index contributed by atoms with van der Waals surface area (Å²) >= 11 is 0. The van der Waals surface area contributed by atoms with Crippen molar-refractivity contribution in [3.8, 4) is 0 Å². The van der Waals surface area contributed by atoms with Crippen molar-refractivity contribution in [1.82, 2.24) is 0 Å². The first-order valence-electron chi connectivity index (χ1n) is 3.20. The molecule has 0 saturated carbocycles. The van der Waals surface area contributed by atoms with Gasteiger partial charge in [-0.15, -0.1) is 0 Å². The zero-order valence-electron chi connectivity index (χ0n) is 6.57. The van der Waals surface area contributed by atoms with Crippen LogP contribution in [0, 0.1) is 0 Å². The molecule has 0 fully saturated rings. The lowest BCUT2D eigenvalue weighted by Crippen LogP contribution is -1.94. The Kier molecular flexibility index (Phi) is 4.91. The van der Waals surface area contributed by atoms with Crippen molar-refractivity contribution < 1.29 is 13.9 Å². The van der Waals surface area contributed by atoms with E-state index in [1.165, 1.54) is 7.05 Å². The van der Waals surface area contributed by atoms with Crippen molar-refractivity contribution in [1.29, 1.82) is 0 Å². The molecule has 62 valence electrons. The minimum Gasteiger partial charge on any atom is -0.318 e. The monoisotopic (exact) mass is 167 g/mol. The first-order chi connectivity index (χ1) is 4.68. The summed E-state index contributed by atoms with van der Waals surface area (Å²) in [6.07, 6.45) is 0. The van der Waals surface area contributed by atoms with Crippen LogP contribution in [0.1, 0.15) is 13.8 Å². The molecular weight excluding hydrogens is 153 g/mol. The van der Waals surface area contributed by atoms with Gasteiger partial charge in [-0.2, -0.15) is 0 Å². The van der Waals surface area contributed by atoms with E-state index in [2.05, 4.69) is 4.74 Å². The lowest BCUT2D eigenvalue weighted by atomic mass is 10.9. The molecule has 0 aromatic carbocycles. The van der Waals surface area contributed by atoms with Crippen molar-refractivity contribution in [2.45, 2.75) is 13.8 Å². The Morgan fingerprint density at radius 1 is 1.30 bits per heavy atom. The number of hydrogen-bond acceptors (Lipinski definition) is 3. The second-order valence-corrected chi connectivity index (χ2v) is 3.42. The first-order valence-corrected chi connectivity index (χ1v) is 4.73. The molecule has 4 nitrogen and oxygen atoms in total. The summed E-state index contributed by atoms with van der Waals surface area (Å²) in [4.78, 5) is 9.32. The maximum absolute atomic E-state index is 9.32. The van der Waals surface area contributed by atoms with Gasteiger partial charge in [0.05, 0.1) is 13.2 Å². The highest BCUT2D eigenvalue weighted by Gasteiger charge is 2.13. The maximum atomic E-state index is 9.32. The molecule has 0 radical (unpaired) electrons. The van der Waals surface area contributed by atoms with Crippen LogP contribution in [0.15, 0.2) is 4.74 Å². The molecule has 0 aliphatic carbocycles. The van der Waals surface area contributed by atoms with Crippen molar-refractivity contribution in [3.63, 3.8) is 0 Å². The summed E-state index contributed by atoms with van der Waals surface area (Å²) in [5, 5.41) is 0. The number of nitrogens with zero attached hydrogens (tertiary/aromatic N) is 1. The van der Waals surface area contributed by atoms with Crippen molar-refractivity contribution in [3.05, 3.63) is 0 Å². The summed E-state index contributed by atoms with van der Waals surface area (Å²) in [6, 6.07) is 0. The number of hydrogen-bond donors (Lipinski definition) is 1. The molecule has 0 rings (SSSR count). The van der Waals surface area contributed by atoms with E-state index in [1.807, 2.05) is 0 Å². The second kappa shape index (κ2) is 4.85. The zero-order valence-corrected chi connectivity index (χ0v) is 7.47. The Hall–Kier alpha value is 0.110. The molecular formula is C5H14NO3P. The highest BCUT2D eigenvalue weighted by atomic mass is 31.2. The van der Waals surface area contributed by atoms with E-state index in [-0.39, 0.29) is 0 Å². The predicted molar refractivity (Wildman–Crippen MR) is 40.7 cm³/mol. The van der Waals surface area contributed by atoms with Gasteiger partial charge in [0.1, 0.15) is 0 Å². The minimum absolute atomic E-state index is 0.418. The van der Waals surface area contributed by atoms with Crippen LogP contribution in [0.25, 0.3) is 0 Å². The Morgan fingerprint density at radius 3 is 1.90 bits per heavy atom. The quantitative estimate of drug-likeness (QED) is 0.647. The highest BCUT2D eigenvalue weighted by molar-refractivity contribution is 7.50. The summed E-state index contributed by atoms with van der Waals surface area (Å²) in [5.41, 5.74) is 0. The summed E-state index contributed by atoms with van der Waals surface area (Å²) in [5.74, 6) is 0. The van der Waals surface area contributed by atoms with Gasteiger partial charge in [-0.3, -0.25) is 0 Å². The van der Waals surface area contributed by atoms with Crippen LogP contribution in [-0.2, 0) is 9.05 Å². The van der Waals surface area contributed by atoms with E-state index in [0.717, 1.165) is 0 Å². The van der Waals surface area contributed by atoms with Crippen molar-refractivity contribution >= 4 is 7.74 Å².